The zero-order chi connectivity index (χ0) is 10.9. The molecule has 1 unspecified atom stereocenters. The molecule has 0 saturated heterocycles. The fourth-order valence-electron chi connectivity index (χ4n) is 0.436. The number of carbonyl (C=O) groups is 1. The molecule has 0 aliphatic rings. The SMILES string of the molecule is O=[PH](O)O.[Li][C](=O)OC(C#C)CC. The van der Waals surface area contributed by atoms with Crippen molar-refractivity contribution in [2.24, 2.45) is 0 Å². The molecule has 0 bridgehead atoms. The summed E-state index contributed by atoms with van der Waals surface area (Å²) in [5.41, 5.74) is 0. The Hall–Kier alpha value is -0.223. The molecule has 0 saturated carbocycles. The van der Waals surface area contributed by atoms with Crippen molar-refractivity contribution in [1.29, 1.82) is 0 Å². The molecule has 0 radical (unpaired) electrons. The van der Waals surface area contributed by atoms with Gasteiger partial charge in [-0.25, -0.2) is 0 Å². The van der Waals surface area contributed by atoms with Crippen LogP contribution >= 0.6 is 8.25 Å². The summed E-state index contributed by atoms with van der Waals surface area (Å²) < 4.78 is 13.1. The van der Waals surface area contributed by atoms with E-state index < -0.39 is 8.25 Å². The summed E-state index contributed by atoms with van der Waals surface area (Å²) in [6.07, 6.45) is 5.34. The first-order chi connectivity index (χ1) is 5.93. The third kappa shape index (κ3) is 18.6. The van der Waals surface area contributed by atoms with Crippen LogP contribution in [0.2, 0.25) is 0 Å². The van der Waals surface area contributed by atoms with E-state index in [9.17, 15) is 4.79 Å². The maximum atomic E-state index is 10.3. The van der Waals surface area contributed by atoms with Gasteiger partial charge in [0.2, 0.25) is 0 Å². The molecule has 5 nitrogen and oxygen atoms in total. The maximum absolute atomic E-state index is 10.3. The third-order valence-electron chi connectivity index (χ3n) is 0.865. The summed E-state index contributed by atoms with van der Waals surface area (Å²) in [6.45, 7) is 1.87. The molecule has 7 heteroatoms. The van der Waals surface area contributed by atoms with Gasteiger partial charge in [-0.3, -0.25) is 4.57 Å². The van der Waals surface area contributed by atoms with E-state index in [4.69, 9.17) is 20.8 Å². The number of rotatable bonds is 2. The first-order valence-corrected chi connectivity index (χ1v) is 4.79. The molecule has 70 valence electrons. The zero-order valence-electron chi connectivity index (χ0n) is 7.48. The molecule has 0 rings (SSSR count). The summed E-state index contributed by atoms with van der Waals surface area (Å²) in [5, 5.41) is 0. The van der Waals surface area contributed by atoms with Gasteiger partial charge in [0.15, 0.2) is 0 Å². The van der Waals surface area contributed by atoms with E-state index in [0.29, 0.717) is 6.42 Å². The molecule has 0 aromatic carbocycles. The molecule has 0 aromatic heterocycles. The monoisotopic (exact) mass is 200 g/mol. The molecule has 0 aromatic rings. The Morgan fingerprint density at radius 3 is 2.23 bits per heavy atom. The topological polar surface area (TPSA) is 83.8 Å². The fourth-order valence-corrected chi connectivity index (χ4v) is 0.436. The molecule has 0 amide bonds. The standard InChI is InChI=1S/C6H7O2.Li.H3O3P/c1-3-6(4-2)8-5-7;;1-4(2)3/h1,6H,4H2,2H3;;4H,(H2,1,2,3). The van der Waals surface area contributed by atoms with Gasteiger partial charge in [0, 0.05) is 0 Å². The van der Waals surface area contributed by atoms with Gasteiger partial charge in [0.1, 0.15) is 0 Å². The Labute approximate surface area is 86.6 Å². The Morgan fingerprint density at radius 1 is 1.77 bits per heavy atom. The van der Waals surface area contributed by atoms with Crippen LogP contribution in [0.4, 0.5) is 4.79 Å². The summed E-state index contributed by atoms with van der Waals surface area (Å²) in [7, 11) is -3.13. The van der Waals surface area contributed by atoms with Crippen molar-refractivity contribution in [2.45, 2.75) is 19.4 Å². The van der Waals surface area contributed by atoms with Crippen LogP contribution in [-0.2, 0) is 9.30 Å². The molecule has 0 aliphatic carbocycles. The number of hydrogen-bond acceptors (Lipinski definition) is 3. The van der Waals surface area contributed by atoms with Crippen molar-refractivity contribution in [3.05, 3.63) is 0 Å². The Bertz CT molecular complexity index is 208. The molecule has 0 aliphatic heterocycles. The van der Waals surface area contributed by atoms with Crippen molar-refractivity contribution >= 4 is 30.6 Å². The van der Waals surface area contributed by atoms with Gasteiger partial charge in [-0.15, -0.1) is 0 Å². The van der Waals surface area contributed by atoms with Gasteiger partial charge < -0.3 is 9.79 Å². The van der Waals surface area contributed by atoms with Crippen LogP contribution in [0, 0.1) is 12.3 Å². The number of ether oxygens (including phenoxy) is 1. The van der Waals surface area contributed by atoms with Crippen LogP contribution in [0.15, 0.2) is 0 Å². The van der Waals surface area contributed by atoms with E-state index in [1.165, 1.54) is 17.7 Å². The van der Waals surface area contributed by atoms with E-state index >= 15 is 0 Å². The first kappa shape index (κ1) is 15.3. The number of carbonyl (C=O) groups excluding carboxylic acids is 1. The predicted octanol–water partition coefficient (Wildman–Crippen LogP) is 0.0640. The minimum atomic E-state index is -3.13. The molecule has 0 fully saturated rings. The third-order valence-corrected chi connectivity index (χ3v) is 0.865. The van der Waals surface area contributed by atoms with Crippen LogP contribution in [0.25, 0.3) is 0 Å². The van der Waals surface area contributed by atoms with E-state index in [2.05, 4.69) is 10.7 Å². The molecule has 1 atom stereocenters. The van der Waals surface area contributed by atoms with Crippen molar-refractivity contribution < 1.29 is 23.9 Å². The van der Waals surface area contributed by atoms with Gasteiger partial charge in [0.05, 0.1) is 0 Å². The second-order valence-electron chi connectivity index (χ2n) is 1.96. The Morgan fingerprint density at radius 2 is 2.15 bits per heavy atom. The normalized spacial score (nSPS) is 10.8. The zero-order valence-corrected chi connectivity index (χ0v) is 8.48. The van der Waals surface area contributed by atoms with Crippen molar-refractivity contribution in [3.63, 3.8) is 0 Å². The molecule has 0 heterocycles. The van der Waals surface area contributed by atoms with Crippen LogP contribution in [0.3, 0.4) is 0 Å². The Balaban J connectivity index is 0. The average molecular weight is 200 g/mol. The summed E-state index contributed by atoms with van der Waals surface area (Å²) in [6, 6.07) is 0. The minimum absolute atomic E-state index is 0.320. The van der Waals surface area contributed by atoms with E-state index in [1.807, 2.05) is 6.92 Å². The summed E-state index contributed by atoms with van der Waals surface area (Å²) >= 11 is 1.35. The fraction of sp³-hybridized carbons (Fsp3) is 0.500. The van der Waals surface area contributed by atoms with Crippen LogP contribution in [0.5, 0.6) is 0 Å². The summed E-state index contributed by atoms with van der Waals surface area (Å²) in [4.78, 5) is 24.6. The average Bonchev–Trinajstić information content (AvgIpc) is 1.98. The molecular weight excluding hydrogens is 190 g/mol. The second kappa shape index (κ2) is 9.86. The summed E-state index contributed by atoms with van der Waals surface area (Å²) in [5.74, 6) is 2.34. The molecule has 2 N–H and O–H groups in total. The van der Waals surface area contributed by atoms with E-state index in [1.54, 1.807) is 0 Å². The van der Waals surface area contributed by atoms with Crippen LogP contribution < -0.4 is 0 Å². The Kier molecular flexibility index (Phi) is 11.6. The number of terminal acetylenes is 1. The van der Waals surface area contributed by atoms with E-state index in [0.717, 1.165) is 0 Å². The predicted molar refractivity (Wildman–Crippen MR) is 48.6 cm³/mol. The molecule has 13 heavy (non-hydrogen) atoms. The molecular formula is C6H10LiO5P. The van der Waals surface area contributed by atoms with Crippen molar-refractivity contribution in [3.8, 4) is 12.3 Å². The van der Waals surface area contributed by atoms with Gasteiger partial charge in [-0.1, -0.05) is 0 Å². The van der Waals surface area contributed by atoms with Gasteiger partial charge in [-0.05, 0) is 0 Å². The van der Waals surface area contributed by atoms with Gasteiger partial charge in [-0.2, -0.15) is 0 Å². The van der Waals surface area contributed by atoms with Crippen molar-refractivity contribution in [1.82, 2.24) is 0 Å². The quantitative estimate of drug-likeness (QED) is 0.374. The van der Waals surface area contributed by atoms with E-state index in [-0.39, 0.29) is 10.7 Å². The van der Waals surface area contributed by atoms with Gasteiger partial charge >= 0.3 is 71.9 Å². The number of hydrogen-bond donors (Lipinski definition) is 2. The van der Waals surface area contributed by atoms with Crippen LogP contribution in [0.1, 0.15) is 13.3 Å². The second-order valence-corrected chi connectivity index (χ2v) is 2.52. The van der Waals surface area contributed by atoms with Crippen molar-refractivity contribution in [2.75, 3.05) is 0 Å². The first-order valence-electron chi connectivity index (χ1n) is 3.49. The van der Waals surface area contributed by atoms with Crippen LogP contribution in [-0.4, -0.2) is 38.2 Å². The molecule has 0 spiro atoms. The van der Waals surface area contributed by atoms with Gasteiger partial charge in [0.25, 0.3) is 0 Å².